The Balaban J connectivity index is 2.63. The van der Waals surface area contributed by atoms with E-state index >= 15 is 0 Å². The van der Waals surface area contributed by atoms with E-state index < -0.39 is 0 Å². The first-order valence-electron chi connectivity index (χ1n) is 5.35. The van der Waals surface area contributed by atoms with Crippen molar-refractivity contribution in [2.45, 2.75) is 51.2 Å². The summed E-state index contributed by atoms with van der Waals surface area (Å²) in [5.74, 6) is 0.870. The van der Waals surface area contributed by atoms with Crippen molar-refractivity contribution in [3.8, 4) is 0 Å². The van der Waals surface area contributed by atoms with Gasteiger partial charge in [0, 0.05) is 28.8 Å². The van der Waals surface area contributed by atoms with E-state index in [1.54, 1.807) is 10.7 Å². The molecule has 0 bridgehead atoms. The molecule has 3 nitrogen and oxygen atoms in total. The molecule has 0 unspecified atom stereocenters. The Morgan fingerprint density at radius 3 is 2.67 bits per heavy atom. The Labute approximate surface area is 95.2 Å². The van der Waals surface area contributed by atoms with Gasteiger partial charge in [-0.2, -0.15) is 0 Å². The first-order valence-corrected chi connectivity index (χ1v) is 6.33. The molecule has 0 saturated carbocycles. The Morgan fingerprint density at radius 2 is 2.13 bits per heavy atom. The smallest absolute Gasteiger partial charge is 0.266 e. The Bertz CT molecular complexity index is 359. The first-order chi connectivity index (χ1) is 6.92. The van der Waals surface area contributed by atoms with Gasteiger partial charge in [0.25, 0.3) is 5.56 Å². The van der Waals surface area contributed by atoms with Gasteiger partial charge in [0.2, 0.25) is 0 Å². The summed E-state index contributed by atoms with van der Waals surface area (Å²) in [6, 6.07) is 1.70. The summed E-state index contributed by atoms with van der Waals surface area (Å²) in [5, 5.41) is 3.14. The lowest BCUT2D eigenvalue weighted by molar-refractivity contribution is 0.581. The predicted octanol–water partition coefficient (Wildman–Crippen LogP) is 2.62. The maximum absolute atomic E-state index is 11.5. The second-order valence-corrected chi connectivity index (χ2v) is 6.47. The zero-order valence-corrected chi connectivity index (χ0v) is 10.8. The molecule has 4 heteroatoms. The van der Waals surface area contributed by atoms with Crippen LogP contribution in [-0.4, -0.2) is 14.5 Å². The lowest BCUT2D eigenvalue weighted by atomic mass is 10.3. The molecular weight excluding hydrogens is 208 g/mol. The number of hydrogen-bond donors (Lipinski definition) is 1. The summed E-state index contributed by atoms with van der Waals surface area (Å²) in [5.41, 5.74) is 1.11. The second-order valence-electron chi connectivity index (χ2n) is 4.67. The largest absolute Gasteiger partial charge is 0.299 e. The molecule has 1 N–H and O–H groups in total. The average Bonchev–Trinajstić information content (AvgIpc) is 2.44. The highest BCUT2D eigenvalue weighted by atomic mass is 32.2. The van der Waals surface area contributed by atoms with Crippen LogP contribution in [0.5, 0.6) is 0 Å². The zero-order chi connectivity index (χ0) is 11.5. The van der Waals surface area contributed by atoms with Crippen LogP contribution >= 0.6 is 11.8 Å². The Hall–Kier alpha value is -0.640. The molecule has 0 fully saturated rings. The van der Waals surface area contributed by atoms with Crippen LogP contribution in [0.3, 0.4) is 0 Å². The van der Waals surface area contributed by atoms with Crippen molar-refractivity contribution in [2.75, 3.05) is 0 Å². The van der Waals surface area contributed by atoms with E-state index in [1.165, 1.54) is 0 Å². The van der Waals surface area contributed by atoms with E-state index in [1.807, 2.05) is 11.8 Å². The summed E-state index contributed by atoms with van der Waals surface area (Å²) in [6.45, 7) is 9.38. The molecule has 0 aliphatic heterocycles. The van der Waals surface area contributed by atoms with E-state index in [9.17, 15) is 4.79 Å². The minimum atomic E-state index is 0.0846. The molecule has 1 rings (SSSR count). The lowest BCUT2D eigenvalue weighted by Gasteiger charge is -2.16. The van der Waals surface area contributed by atoms with Crippen molar-refractivity contribution in [1.29, 1.82) is 0 Å². The molecule has 0 amide bonds. The van der Waals surface area contributed by atoms with Gasteiger partial charge in [0.1, 0.15) is 0 Å². The number of H-pyrrole nitrogens is 1. The number of rotatable bonds is 4. The highest BCUT2D eigenvalue weighted by Gasteiger charge is 2.11. The molecule has 1 heterocycles. The first kappa shape index (κ1) is 12.4. The lowest BCUT2D eigenvalue weighted by Crippen LogP contribution is -2.15. The van der Waals surface area contributed by atoms with Crippen molar-refractivity contribution in [3.05, 3.63) is 22.1 Å². The van der Waals surface area contributed by atoms with Gasteiger partial charge in [0.15, 0.2) is 0 Å². The fourth-order valence-electron chi connectivity index (χ4n) is 1.25. The van der Waals surface area contributed by atoms with Crippen LogP contribution in [0.25, 0.3) is 0 Å². The van der Waals surface area contributed by atoms with Crippen LogP contribution in [-0.2, 0) is 12.3 Å². The van der Waals surface area contributed by atoms with Gasteiger partial charge in [-0.15, -0.1) is 11.8 Å². The number of hydrogen-bond acceptors (Lipinski definition) is 2. The van der Waals surface area contributed by atoms with E-state index in [2.05, 4.69) is 32.8 Å². The molecule has 0 aromatic carbocycles. The third-order valence-electron chi connectivity index (χ3n) is 1.95. The fraction of sp³-hybridized carbons (Fsp3) is 0.727. The molecule has 1 aromatic heterocycles. The van der Waals surface area contributed by atoms with Crippen molar-refractivity contribution >= 4 is 11.8 Å². The van der Waals surface area contributed by atoms with Crippen LogP contribution in [0.4, 0.5) is 0 Å². The minimum Gasteiger partial charge on any atom is -0.299 e. The highest BCUT2D eigenvalue weighted by molar-refractivity contribution is 7.99. The number of nitrogens with zero attached hydrogens (tertiary/aromatic N) is 1. The molecule has 1 aromatic rings. The van der Waals surface area contributed by atoms with Crippen molar-refractivity contribution in [2.24, 2.45) is 0 Å². The normalized spacial score (nSPS) is 12.0. The molecule has 0 spiro atoms. The van der Waals surface area contributed by atoms with E-state index in [0.717, 1.165) is 24.4 Å². The van der Waals surface area contributed by atoms with E-state index in [-0.39, 0.29) is 10.3 Å². The van der Waals surface area contributed by atoms with Crippen LogP contribution in [0.2, 0.25) is 0 Å². The van der Waals surface area contributed by atoms with Gasteiger partial charge in [-0.05, 0) is 6.42 Å². The highest BCUT2D eigenvalue weighted by Crippen LogP contribution is 2.25. The molecule has 0 saturated heterocycles. The average molecular weight is 228 g/mol. The van der Waals surface area contributed by atoms with E-state index in [4.69, 9.17) is 0 Å². The van der Waals surface area contributed by atoms with Crippen molar-refractivity contribution < 1.29 is 0 Å². The van der Waals surface area contributed by atoms with Gasteiger partial charge >= 0.3 is 0 Å². The molecular formula is C11H20N2OS. The molecule has 15 heavy (non-hydrogen) atoms. The van der Waals surface area contributed by atoms with Crippen molar-refractivity contribution in [1.82, 2.24) is 9.78 Å². The van der Waals surface area contributed by atoms with Crippen LogP contribution < -0.4 is 5.56 Å². The van der Waals surface area contributed by atoms with Crippen LogP contribution in [0, 0.1) is 0 Å². The van der Waals surface area contributed by atoms with Crippen LogP contribution in [0.1, 0.15) is 39.8 Å². The number of aryl methyl sites for hydroxylation is 1. The fourth-order valence-corrected chi connectivity index (χ4v) is 1.98. The van der Waals surface area contributed by atoms with E-state index in [0.29, 0.717) is 0 Å². The maximum Gasteiger partial charge on any atom is 0.266 e. The minimum absolute atomic E-state index is 0.0846. The summed E-state index contributed by atoms with van der Waals surface area (Å²) < 4.78 is 1.92. The third-order valence-corrected chi connectivity index (χ3v) is 3.27. The summed E-state index contributed by atoms with van der Waals surface area (Å²) in [7, 11) is 0. The monoisotopic (exact) mass is 228 g/mol. The van der Waals surface area contributed by atoms with Gasteiger partial charge < -0.3 is 0 Å². The number of thioether (sulfide) groups is 1. The van der Waals surface area contributed by atoms with Gasteiger partial charge in [-0.1, -0.05) is 27.7 Å². The van der Waals surface area contributed by atoms with Crippen LogP contribution in [0.15, 0.2) is 10.9 Å². The third kappa shape index (κ3) is 4.16. The molecule has 0 atom stereocenters. The SMILES string of the molecule is CCCn1[nH]c(CSC(C)(C)C)cc1=O. The standard InChI is InChI=1S/C11H20N2OS/c1-5-6-13-10(14)7-9(12-13)8-15-11(2,3)4/h7,12H,5-6,8H2,1-4H3. The summed E-state index contributed by atoms with van der Waals surface area (Å²) in [6.07, 6.45) is 0.978. The van der Waals surface area contributed by atoms with Gasteiger partial charge in [0.05, 0.1) is 0 Å². The summed E-state index contributed by atoms with van der Waals surface area (Å²) >= 11 is 1.84. The number of aromatic nitrogens is 2. The van der Waals surface area contributed by atoms with Crippen molar-refractivity contribution in [3.63, 3.8) is 0 Å². The summed E-state index contributed by atoms with van der Waals surface area (Å²) in [4.78, 5) is 11.5. The topological polar surface area (TPSA) is 37.8 Å². The maximum atomic E-state index is 11.5. The Morgan fingerprint density at radius 1 is 1.47 bits per heavy atom. The second kappa shape index (κ2) is 4.92. The Kier molecular flexibility index (Phi) is 4.08. The quantitative estimate of drug-likeness (QED) is 0.860. The number of aromatic amines is 1. The molecule has 0 radical (unpaired) electrons. The van der Waals surface area contributed by atoms with Gasteiger partial charge in [-0.3, -0.25) is 14.6 Å². The van der Waals surface area contributed by atoms with Gasteiger partial charge in [-0.25, -0.2) is 0 Å². The zero-order valence-electron chi connectivity index (χ0n) is 9.96. The molecule has 0 aliphatic carbocycles. The molecule has 0 aliphatic rings. The molecule has 86 valence electrons. The number of nitrogens with one attached hydrogen (secondary N) is 1. The predicted molar refractivity (Wildman–Crippen MR) is 66.4 cm³/mol.